The Bertz CT molecular complexity index is 338. The van der Waals surface area contributed by atoms with E-state index in [1.165, 1.54) is 13.3 Å². The van der Waals surface area contributed by atoms with Gasteiger partial charge < -0.3 is 4.74 Å². The Kier molecular flexibility index (Phi) is 4.54. The third-order valence-electron chi connectivity index (χ3n) is 2.05. The third-order valence-corrected chi connectivity index (χ3v) is 2.05. The van der Waals surface area contributed by atoms with E-state index in [0.717, 1.165) is 6.42 Å². The van der Waals surface area contributed by atoms with Crippen LogP contribution in [0, 0.1) is 5.92 Å². The second-order valence-electron chi connectivity index (χ2n) is 3.37. The van der Waals surface area contributed by atoms with Crippen LogP contribution in [0.25, 0.3) is 0 Å². The zero-order chi connectivity index (χ0) is 11.1. The van der Waals surface area contributed by atoms with Gasteiger partial charge in [-0.05, 0) is 18.4 Å². The molecule has 0 spiro atoms. The molecular formula is C12H15NO2. The topological polar surface area (TPSA) is 38.7 Å². The molecule has 15 heavy (non-hydrogen) atoms. The molecule has 0 amide bonds. The lowest BCUT2D eigenvalue weighted by molar-refractivity contribution is -0.135. The molecule has 0 radical (unpaired) electrons. The van der Waals surface area contributed by atoms with E-state index >= 15 is 0 Å². The molecule has 80 valence electrons. The van der Waals surface area contributed by atoms with Gasteiger partial charge in [-0.25, -0.2) is 4.79 Å². The highest BCUT2D eigenvalue weighted by Gasteiger charge is 2.05. The number of esters is 1. The lowest BCUT2D eigenvalue weighted by Crippen LogP contribution is -2.05. The number of allylic oxidation sites excluding steroid dienone is 4. The number of hydrogen-bond acceptors (Lipinski definition) is 3. The van der Waals surface area contributed by atoms with Crippen molar-refractivity contribution >= 4 is 12.2 Å². The van der Waals surface area contributed by atoms with E-state index in [4.69, 9.17) is 0 Å². The molecule has 0 fully saturated rings. The minimum absolute atomic E-state index is 0.370. The van der Waals surface area contributed by atoms with Crippen LogP contribution in [0.15, 0.2) is 41.1 Å². The van der Waals surface area contributed by atoms with Crippen molar-refractivity contribution in [2.75, 3.05) is 7.11 Å². The molecule has 0 aromatic carbocycles. The summed E-state index contributed by atoms with van der Waals surface area (Å²) in [6, 6.07) is 0. The highest BCUT2D eigenvalue weighted by atomic mass is 16.5. The maximum absolute atomic E-state index is 11.3. The van der Waals surface area contributed by atoms with Crippen LogP contribution in [0.3, 0.4) is 0 Å². The van der Waals surface area contributed by atoms with Crippen LogP contribution in [-0.2, 0) is 9.53 Å². The second-order valence-corrected chi connectivity index (χ2v) is 3.37. The van der Waals surface area contributed by atoms with E-state index in [0.29, 0.717) is 11.5 Å². The number of hydrogen-bond donors (Lipinski definition) is 0. The standard InChI is InChI=1S/C12H15NO2/c1-10-5-3-7-11(12(14)15-2)9-13-8-4-6-10/h3-5,7-10H,6H2,1-2H3/b5-3+,8-4+,11-7+,13-9+. The number of aliphatic imine (C=N–C) groups is 1. The molecule has 0 aliphatic carbocycles. The van der Waals surface area contributed by atoms with Gasteiger partial charge in [0.2, 0.25) is 0 Å². The van der Waals surface area contributed by atoms with Crippen LogP contribution in [0.1, 0.15) is 13.3 Å². The van der Waals surface area contributed by atoms with Crippen LogP contribution in [-0.4, -0.2) is 19.3 Å². The fourth-order valence-corrected chi connectivity index (χ4v) is 1.17. The predicted octanol–water partition coefficient (Wildman–Crippen LogP) is 2.27. The highest BCUT2D eigenvalue weighted by molar-refractivity contribution is 6.09. The number of nitrogens with zero attached hydrogens (tertiary/aromatic N) is 1. The molecule has 0 saturated carbocycles. The first-order valence-electron chi connectivity index (χ1n) is 4.89. The zero-order valence-electron chi connectivity index (χ0n) is 9.01. The van der Waals surface area contributed by atoms with Gasteiger partial charge in [0.25, 0.3) is 0 Å². The van der Waals surface area contributed by atoms with Gasteiger partial charge in [-0.3, -0.25) is 4.99 Å². The molecular weight excluding hydrogens is 190 g/mol. The SMILES string of the molecule is COC(=O)C1=C/C=C/C(C)C\C=C\N=C\1. The summed E-state index contributed by atoms with van der Waals surface area (Å²) in [5.41, 5.74) is 0.451. The van der Waals surface area contributed by atoms with Crippen molar-refractivity contribution in [3.05, 3.63) is 36.1 Å². The third kappa shape index (κ3) is 3.94. The molecule has 1 atom stereocenters. The molecule has 1 unspecified atom stereocenters. The van der Waals surface area contributed by atoms with Crippen molar-refractivity contribution in [3.8, 4) is 0 Å². The predicted molar refractivity (Wildman–Crippen MR) is 60.7 cm³/mol. The summed E-state index contributed by atoms with van der Waals surface area (Å²) in [5, 5.41) is 0. The molecule has 1 heterocycles. The summed E-state index contributed by atoms with van der Waals surface area (Å²) in [5.74, 6) is 0.0784. The van der Waals surface area contributed by atoms with Crippen molar-refractivity contribution in [1.29, 1.82) is 0 Å². The van der Waals surface area contributed by atoms with Crippen molar-refractivity contribution in [1.82, 2.24) is 0 Å². The summed E-state index contributed by atoms with van der Waals surface area (Å²) in [6.45, 7) is 2.11. The van der Waals surface area contributed by atoms with Crippen molar-refractivity contribution in [2.45, 2.75) is 13.3 Å². The minimum Gasteiger partial charge on any atom is -0.465 e. The lowest BCUT2D eigenvalue weighted by atomic mass is 10.1. The average Bonchev–Trinajstić information content (AvgIpc) is 2.25. The van der Waals surface area contributed by atoms with Gasteiger partial charge in [-0.2, -0.15) is 0 Å². The summed E-state index contributed by atoms with van der Waals surface area (Å²) in [4.78, 5) is 15.3. The molecule has 1 aliphatic heterocycles. The molecule has 3 nitrogen and oxygen atoms in total. The maximum atomic E-state index is 11.3. The number of carbonyl (C=O) groups excluding carboxylic acids is 1. The maximum Gasteiger partial charge on any atom is 0.339 e. The summed E-state index contributed by atoms with van der Waals surface area (Å²) >= 11 is 0. The first-order chi connectivity index (χ1) is 7.24. The second kappa shape index (κ2) is 5.96. The Morgan fingerprint density at radius 2 is 2.40 bits per heavy atom. The number of rotatable bonds is 1. The lowest BCUT2D eigenvalue weighted by Gasteiger charge is -2.01. The molecule has 1 aliphatic rings. The van der Waals surface area contributed by atoms with Gasteiger partial charge in [-0.15, -0.1) is 0 Å². The fourth-order valence-electron chi connectivity index (χ4n) is 1.17. The van der Waals surface area contributed by atoms with E-state index in [9.17, 15) is 4.79 Å². The molecule has 0 bridgehead atoms. The highest BCUT2D eigenvalue weighted by Crippen LogP contribution is 2.07. The van der Waals surface area contributed by atoms with Crippen molar-refractivity contribution < 1.29 is 9.53 Å². The van der Waals surface area contributed by atoms with Gasteiger partial charge in [0.05, 0.1) is 12.7 Å². The van der Waals surface area contributed by atoms with E-state index in [-0.39, 0.29) is 5.97 Å². The van der Waals surface area contributed by atoms with Crippen molar-refractivity contribution in [3.63, 3.8) is 0 Å². The Morgan fingerprint density at radius 1 is 1.60 bits per heavy atom. The monoisotopic (exact) mass is 205 g/mol. The van der Waals surface area contributed by atoms with Crippen molar-refractivity contribution in [2.24, 2.45) is 10.9 Å². The van der Waals surface area contributed by atoms with E-state index in [1.807, 2.05) is 18.2 Å². The van der Waals surface area contributed by atoms with E-state index < -0.39 is 0 Å². The van der Waals surface area contributed by atoms with Gasteiger partial charge in [0.15, 0.2) is 0 Å². The van der Waals surface area contributed by atoms with Crippen LogP contribution in [0.4, 0.5) is 0 Å². The van der Waals surface area contributed by atoms with Gasteiger partial charge in [0, 0.05) is 12.4 Å². The number of carbonyl (C=O) groups is 1. The Hall–Kier alpha value is -1.64. The summed E-state index contributed by atoms with van der Waals surface area (Å²) in [6.07, 6.45) is 11.8. The minimum atomic E-state index is -0.370. The number of ether oxygens (including phenoxy) is 1. The van der Waals surface area contributed by atoms with Gasteiger partial charge in [-0.1, -0.05) is 25.2 Å². The Labute approximate surface area is 89.8 Å². The largest absolute Gasteiger partial charge is 0.465 e. The number of methoxy groups -OCH3 is 1. The first kappa shape index (κ1) is 11.4. The van der Waals surface area contributed by atoms with Crippen LogP contribution < -0.4 is 0 Å². The molecule has 0 aromatic rings. The Morgan fingerprint density at radius 3 is 3.13 bits per heavy atom. The van der Waals surface area contributed by atoms with Crippen LogP contribution in [0.5, 0.6) is 0 Å². The summed E-state index contributed by atoms with van der Waals surface area (Å²) < 4.78 is 4.63. The summed E-state index contributed by atoms with van der Waals surface area (Å²) in [7, 11) is 1.36. The molecule has 3 heteroatoms. The quantitative estimate of drug-likeness (QED) is 0.616. The van der Waals surface area contributed by atoms with E-state index in [1.54, 1.807) is 12.3 Å². The average molecular weight is 205 g/mol. The van der Waals surface area contributed by atoms with E-state index in [2.05, 4.69) is 16.7 Å². The van der Waals surface area contributed by atoms with Gasteiger partial charge >= 0.3 is 5.97 Å². The smallest absolute Gasteiger partial charge is 0.339 e. The van der Waals surface area contributed by atoms with Crippen LogP contribution in [0.2, 0.25) is 0 Å². The Balaban J connectivity index is 2.88. The molecule has 0 aromatic heterocycles. The normalized spacial score (nSPS) is 30.8. The molecule has 1 rings (SSSR count). The zero-order valence-corrected chi connectivity index (χ0v) is 9.01. The van der Waals surface area contributed by atoms with Gasteiger partial charge in [0.1, 0.15) is 0 Å². The first-order valence-corrected chi connectivity index (χ1v) is 4.89. The fraction of sp³-hybridized carbons (Fsp3) is 0.333. The van der Waals surface area contributed by atoms with Crippen LogP contribution >= 0.6 is 0 Å². The molecule has 0 saturated heterocycles. The molecule has 0 N–H and O–H groups in total.